The summed E-state index contributed by atoms with van der Waals surface area (Å²) in [6.07, 6.45) is 0. The van der Waals surface area contributed by atoms with E-state index in [4.69, 9.17) is 9.15 Å². The van der Waals surface area contributed by atoms with Crippen molar-refractivity contribution < 1.29 is 22.4 Å². The first kappa shape index (κ1) is 15.2. The maximum absolute atomic E-state index is 12.7. The van der Waals surface area contributed by atoms with Gasteiger partial charge in [0.1, 0.15) is 0 Å². The van der Waals surface area contributed by atoms with Crippen molar-refractivity contribution in [3.63, 3.8) is 0 Å². The lowest BCUT2D eigenvalue weighted by molar-refractivity contribution is -0.134. The first-order valence-corrected chi connectivity index (χ1v) is 8.08. The van der Waals surface area contributed by atoms with Crippen molar-refractivity contribution in [2.75, 3.05) is 7.05 Å². The number of benzene rings is 1. The number of aryl methyl sites for hydroxylation is 1. The summed E-state index contributed by atoms with van der Waals surface area (Å²) < 4.78 is 36.9. The minimum atomic E-state index is -3.82. The van der Waals surface area contributed by atoms with Crippen LogP contribution in [-0.2, 0) is 19.6 Å². The number of rotatable bonds is 2. The number of nitrogens with zero attached hydrogens (tertiary/aromatic N) is 3. The van der Waals surface area contributed by atoms with E-state index in [-0.39, 0.29) is 33.7 Å². The second-order valence-electron chi connectivity index (χ2n) is 4.87. The van der Waals surface area contributed by atoms with Crippen LogP contribution in [0.1, 0.15) is 24.3 Å². The molecule has 0 aliphatic carbocycles. The van der Waals surface area contributed by atoms with Gasteiger partial charge in [-0.1, -0.05) is 12.1 Å². The largest absolute Gasteiger partial charge is 0.424 e. The number of hydrogen-bond donors (Lipinski definition) is 0. The van der Waals surface area contributed by atoms with E-state index >= 15 is 0 Å². The number of carbonyl (C=O) groups is 1. The van der Waals surface area contributed by atoms with Gasteiger partial charge in [0, 0.05) is 26.5 Å². The lowest BCUT2D eigenvalue weighted by Gasteiger charge is -2.28. The van der Waals surface area contributed by atoms with E-state index in [1.54, 1.807) is 25.1 Å². The summed E-state index contributed by atoms with van der Waals surface area (Å²) >= 11 is 0. The molecule has 1 aromatic heterocycles. The molecule has 0 saturated heterocycles. The predicted molar refractivity (Wildman–Crippen MR) is 79.0 cm³/mol. The fraction of sp³-hybridized carbons (Fsp3) is 0.214. The summed E-state index contributed by atoms with van der Waals surface area (Å²) in [5.41, 5.74) is 0.297. The third-order valence-electron chi connectivity index (χ3n) is 3.27. The van der Waals surface area contributed by atoms with Crippen LogP contribution in [0.4, 0.5) is 0 Å². The van der Waals surface area contributed by atoms with Gasteiger partial charge in [-0.2, -0.15) is 0 Å². The molecule has 1 aliphatic heterocycles. The van der Waals surface area contributed by atoms with Gasteiger partial charge in [-0.25, -0.2) is 8.42 Å². The minimum Gasteiger partial charge on any atom is -0.424 e. The smallest absolute Gasteiger partial charge is 0.308 e. The van der Waals surface area contributed by atoms with E-state index in [0.717, 1.165) is 4.31 Å². The lowest BCUT2D eigenvalue weighted by Crippen LogP contribution is -2.31. The molecule has 1 aliphatic rings. The first-order valence-electron chi connectivity index (χ1n) is 6.64. The highest BCUT2D eigenvalue weighted by Gasteiger charge is 2.38. The standard InChI is InChI=1S/C14H13N3O5S/c1-8-15-16-14(21-8)12-13(22-9(2)18)10-6-4-5-7-11(10)23(19,20)17(12)3/h4-7H,1-3H3. The Morgan fingerprint density at radius 2 is 1.96 bits per heavy atom. The minimum absolute atomic E-state index is 0.0273. The second-order valence-corrected chi connectivity index (χ2v) is 6.80. The maximum atomic E-state index is 12.7. The average molecular weight is 335 g/mol. The third kappa shape index (κ3) is 2.38. The highest BCUT2D eigenvalue weighted by atomic mass is 32.2. The monoisotopic (exact) mass is 335 g/mol. The van der Waals surface area contributed by atoms with Gasteiger partial charge in [0.2, 0.25) is 5.89 Å². The van der Waals surface area contributed by atoms with Gasteiger partial charge in [-0.3, -0.25) is 9.10 Å². The summed E-state index contributed by atoms with van der Waals surface area (Å²) in [7, 11) is -2.48. The van der Waals surface area contributed by atoms with E-state index in [0.29, 0.717) is 0 Å². The molecular formula is C14H13N3O5S. The maximum Gasteiger partial charge on any atom is 0.308 e. The third-order valence-corrected chi connectivity index (χ3v) is 5.09. The molecule has 0 N–H and O–H groups in total. The number of fused-ring (bicyclic) bond motifs is 1. The van der Waals surface area contributed by atoms with Crippen LogP contribution in [0.5, 0.6) is 0 Å². The zero-order chi connectivity index (χ0) is 16.8. The molecule has 0 fully saturated rings. The summed E-state index contributed by atoms with van der Waals surface area (Å²) in [5.74, 6) is -0.302. The van der Waals surface area contributed by atoms with E-state index in [2.05, 4.69) is 10.2 Å². The van der Waals surface area contributed by atoms with Gasteiger partial charge in [-0.05, 0) is 12.1 Å². The highest BCUT2D eigenvalue weighted by Crippen LogP contribution is 2.40. The quantitative estimate of drug-likeness (QED) is 0.764. The molecule has 0 radical (unpaired) electrons. The lowest BCUT2D eigenvalue weighted by atomic mass is 10.1. The molecule has 0 unspecified atom stereocenters. The van der Waals surface area contributed by atoms with E-state index in [1.807, 2.05) is 0 Å². The number of carbonyl (C=O) groups excluding carboxylic acids is 1. The summed E-state index contributed by atoms with van der Waals surface area (Å²) in [4.78, 5) is 11.5. The molecule has 1 aromatic carbocycles. The molecule has 0 bridgehead atoms. The number of sulfonamides is 1. The summed E-state index contributed by atoms with van der Waals surface area (Å²) in [6, 6.07) is 6.25. The van der Waals surface area contributed by atoms with E-state index in [9.17, 15) is 13.2 Å². The Balaban J connectivity index is 2.37. The Morgan fingerprint density at radius 3 is 2.57 bits per heavy atom. The van der Waals surface area contributed by atoms with Crippen molar-refractivity contribution in [1.82, 2.24) is 14.5 Å². The predicted octanol–water partition coefficient (Wildman–Crippen LogP) is 1.40. The Labute approximate surface area is 132 Å². The topological polar surface area (TPSA) is 103 Å². The van der Waals surface area contributed by atoms with Gasteiger partial charge in [-0.15, -0.1) is 10.2 Å². The van der Waals surface area contributed by atoms with E-state index < -0.39 is 16.0 Å². The molecule has 3 rings (SSSR count). The van der Waals surface area contributed by atoms with Crippen LogP contribution in [-0.4, -0.2) is 35.9 Å². The van der Waals surface area contributed by atoms with Crippen LogP contribution >= 0.6 is 0 Å². The van der Waals surface area contributed by atoms with Crippen molar-refractivity contribution in [2.24, 2.45) is 0 Å². The molecule has 0 amide bonds. The zero-order valence-electron chi connectivity index (χ0n) is 12.6. The fourth-order valence-corrected chi connectivity index (χ4v) is 3.67. The highest BCUT2D eigenvalue weighted by molar-refractivity contribution is 7.89. The summed E-state index contributed by atoms with van der Waals surface area (Å²) in [6.45, 7) is 2.81. The van der Waals surface area contributed by atoms with Gasteiger partial charge in [0.25, 0.3) is 15.9 Å². The average Bonchev–Trinajstić information content (AvgIpc) is 2.91. The van der Waals surface area contributed by atoms with Crippen molar-refractivity contribution in [3.8, 4) is 0 Å². The van der Waals surface area contributed by atoms with Crippen LogP contribution in [0.15, 0.2) is 33.6 Å². The SMILES string of the molecule is CC(=O)OC1=C(c2nnc(C)o2)N(C)S(=O)(=O)c2ccccc21. The van der Waals surface area contributed by atoms with Crippen molar-refractivity contribution >= 4 is 27.4 Å². The molecule has 120 valence electrons. The fourth-order valence-electron chi connectivity index (χ4n) is 2.29. The number of esters is 1. The second kappa shape index (κ2) is 5.20. The van der Waals surface area contributed by atoms with Crippen LogP contribution < -0.4 is 0 Å². The van der Waals surface area contributed by atoms with Crippen molar-refractivity contribution in [1.29, 1.82) is 0 Å². The summed E-state index contributed by atoms with van der Waals surface area (Å²) in [5, 5.41) is 7.54. The number of ether oxygens (including phenoxy) is 1. The Kier molecular flexibility index (Phi) is 3.44. The molecule has 23 heavy (non-hydrogen) atoms. The number of hydrogen-bond acceptors (Lipinski definition) is 7. The van der Waals surface area contributed by atoms with Gasteiger partial charge >= 0.3 is 5.97 Å². The van der Waals surface area contributed by atoms with E-state index in [1.165, 1.54) is 20.0 Å². The Hall–Kier alpha value is -2.68. The molecule has 2 aromatic rings. The first-order chi connectivity index (χ1) is 10.8. The van der Waals surface area contributed by atoms with Crippen LogP contribution in [0.25, 0.3) is 11.5 Å². The Bertz CT molecular complexity index is 929. The van der Waals surface area contributed by atoms with Crippen LogP contribution in [0.2, 0.25) is 0 Å². The zero-order valence-corrected chi connectivity index (χ0v) is 13.4. The van der Waals surface area contributed by atoms with Gasteiger partial charge in [0.15, 0.2) is 11.5 Å². The van der Waals surface area contributed by atoms with Crippen molar-refractivity contribution in [2.45, 2.75) is 18.7 Å². The normalized spacial score (nSPS) is 16.2. The molecular weight excluding hydrogens is 322 g/mol. The van der Waals surface area contributed by atoms with Crippen LogP contribution in [0.3, 0.4) is 0 Å². The number of aromatic nitrogens is 2. The molecule has 9 heteroatoms. The molecule has 0 spiro atoms. The molecule has 0 atom stereocenters. The molecule has 0 saturated carbocycles. The Morgan fingerprint density at radius 1 is 1.26 bits per heavy atom. The van der Waals surface area contributed by atoms with Gasteiger partial charge < -0.3 is 9.15 Å². The van der Waals surface area contributed by atoms with Crippen LogP contribution in [0, 0.1) is 6.92 Å². The molecule has 8 nitrogen and oxygen atoms in total. The van der Waals surface area contributed by atoms with Gasteiger partial charge in [0.05, 0.1) is 4.90 Å². The van der Waals surface area contributed by atoms with Crippen molar-refractivity contribution in [3.05, 3.63) is 41.6 Å². The molecule has 2 heterocycles.